The van der Waals surface area contributed by atoms with Gasteiger partial charge >= 0.3 is 5.97 Å². The van der Waals surface area contributed by atoms with Crippen molar-refractivity contribution in [2.45, 2.75) is 45.6 Å². The SMILES string of the molecule is Cc1ccc2c(NC3C4CCC(CC4)C3C(=O)O)nc(-c3c[nH]c4c(F)cc(F)cc34)nc2c1C. The molecule has 3 N–H and O–H groups in total. The molecular weight excluding hydrogens is 450 g/mol. The summed E-state index contributed by atoms with van der Waals surface area (Å²) >= 11 is 0. The molecule has 2 unspecified atom stereocenters. The van der Waals surface area contributed by atoms with Crippen LogP contribution in [0.2, 0.25) is 0 Å². The number of anilines is 1. The standard InChI is InChI=1S/C27H26F2N4O2/c1-12-3-8-17-22(13(12)2)31-26(19-11-30-24-18(19)9-16(28)10-20(24)29)33-25(17)32-23-15-6-4-14(5-7-15)21(23)27(34)35/h3,8-11,14-15,21,23,30H,4-7H2,1-2H3,(H,34,35)(H,31,32,33). The molecule has 2 heterocycles. The maximum Gasteiger partial charge on any atom is 0.308 e. The van der Waals surface area contributed by atoms with Crippen molar-refractivity contribution in [3.63, 3.8) is 0 Å². The number of rotatable bonds is 4. The predicted octanol–water partition coefficient (Wildman–Crippen LogP) is 5.97. The van der Waals surface area contributed by atoms with Gasteiger partial charge in [0, 0.05) is 34.6 Å². The van der Waals surface area contributed by atoms with Crippen LogP contribution in [-0.2, 0) is 4.79 Å². The molecular formula is C27H26F2N4O2. The zero-order valence-corrected chi connectivity index (χ0v) is 19.5. The minimum absolute atomic E-state index is 0.158. The quantitative estimate of drug-likeness (QED) is 0.337. The van der Waals surface area contributed by atoms with E-state index >= 15 is 0 Å². The van der Waals surface area contributed by atoms with Crippen LogP contribution in [0.25, 0.3) is 33.2 Å². The first-order chi connectivity index (χ1) is 16.8. The smallest absolute Gasteiger partial charge is 0.308 e. The molecule has 0 amide bonds. The van der Waals surface area contributed by atoms with Crippen LogP contribution in [0.3, 0.4) is 0 Å². The van der Waals surface area contributed by atoms with Crippen molar-refractivity contribution >= 4 is 33.6 Å². The lowest BCUT2D eigenvalue weighted by Gasteiger charge is -2.47. The number of aryl methyl sites for hydroxylation is 2. The van der Waals surface area contributed by atoms with Crippen molar-refractivity contribution in [3.05, 3.63) is 53.2 Å². The Balaban J connectivity index is 1.54. The summed E-state index contributed by atoms with van der Waals surface area (Å²) in [5.74, 6) is -1.29. The topological polar surface area (TPSA) is 90.9 Å². The summed E-state index contributed by atoms with van der Waals surface area (Å²) in [6.45, 7) is 3.98. The molecule has 3 fully saturated rings. The van der Waals surface area contributed by atoms with Crippen molar-refractivity contribution in [2.24, 2.45) is 17.8 Å². The summed E-state index contributed by atoms with van der Waals surface area (Å²) < 4.78 is 28.4. The normalized spacial score (nSPS) is 23.8. The summed E-state index contributed by atoms with van der Waals surface area (Å²) in [5, 5.41) is 14.7. The third kappa shape index (κ3) is 3.46. The third-order valence-electron chi connectivity index (χ3n) is 8.15. The van der Waals surface area contributed by atoms with Crippen LogP contribution in [0.4, 0.5) is 14.6 Å². The van der Waals surface area contributed by atoms with Gasteiger partial charge in [0.2, 0.25) is 0 Å². The van der Waals surface area contributed by atoms with Gasteiger partial charge in [0.05, 0.1) is 17.0 Å². The lowest BCUT2D eigenvalue weighted by Crippen LogP contribution is -2.51. The van der Waals surface area contributed by atoms with Gasteiger partial charge in [-0.2, -0.15) is 0 Å². The summed E-state index contributed by atoms with van der Waals surface area (Å²) in [6.07, 6.45) is 5.48. The minimum atomic E-state index is -0.773. The van der Waals surface area contributed by atoms with Crippen LogP contribution >= 0.6 is 0 Å². The van der Waals surface area contributed by atoms with Gasteiger partial charge in [0.25, 0.3) is 0 Å². The maximum atomic E-state index is 14.4. The molecule has 2 aromatic carbocycles. The van der Waals surface area contributed by atoms with Gasteiger partial charge in [-0.15, -0.1) is 0 Å². The van der Waals surface area contributed by atoms with Gasteiger partial charge in [-0.3, -0.25) is 4.79 Å². The van der Waals surface area contributed by atoms with Crippen LogP contribution in [-0.4, -0.2) is 32.1 Å². The zero-order chi connectivity index (χ0) is 24.4. The van der Waals surface area contributed by atoms with Gasteiger partial charge < -0.3 is 15.4 Å². The van der Waals surface area contributed by atoms with Gasteiger partial charge in [0.1, 0.15) is 17.5 Å². The third-order valence-corrected chi connectivity index (χ3v) is 8.15. The number of nitrogens with zero attached hydrogens (tertiary/aromatic N) is 2. The van der Waals surface area contributed by atoms with E-state index in [4.69, 9.17) is 9.97 Å². The molecule has 4 aromatic rings. The highest BCUT2D eigenvalue weighted by atomic mass is 19.1. The average molecular weight is 477 g/mol. The Kier molecular flexibility index (Phi) is 5.02. The molecule has 7 rings (SSSR count). The van der Waals surface area contributed by atoms with Crippen LogP contribution in [0.15, 0.2) is 30.5 Å². The minimum Gasteiger partial charge on any atom is -0.481 e. The first kappa shape index (κ1) is 21.9. The Morgan fingerprint density at radius 2 is 1.80 bits per heavy atom. The zero-order valence-electron chi connectivity index (χ0n) is 19.5. The largest absolute Gasteiger partial charge is 0.481 e. The highest BCUT2D eigenvalue weighted by Gasteiger charge is 2.47. The number of fused-ring (bicyclic) bond motifs is 5. The molecule has 3 aliphatic rings. The second-order valence-corrected chi connectivity index (χ2v) is 10.0. The molecule has 35 heavy (non-hydrogen) atoms. The highest BCUT2D eigenvalue weighted by molar-refractivity contribution is 5.98. The number of carboxylic acid groups (broad SMARTS) is 1. The average Bonchev–Trinajstić information content (AvgIpc) is 3.26. The molecule has 3 aliphatic carbocycles. The van der Waals surface area contributed by atoms with E-state index in [9.17, 15) is 18.7 Å². The van der Waals surface area contributed by atoms with E-state index in [1.807, 2.05) is 26.0 Å². The van der Waals surface area contributed by atoms with E-state index < -0.39 is 23.5 Å². The molecule has 2 aromatic heterocycles. The van der Waals surface area contributed by atoms with Crippen molar-refractivity contribution in [2.75, 3.05) is 5.32 Å². The Hall–Kier alpha value is -3.55. The van der Waals surface area contributed by atoms with Crippen LogP contribution in [0, 0.1) is 43.2 Å². The molecule has 3 saturated carbocycles. The molecule has 0 saturated heterocycles. The van der Waals surface area contributed by atoms with E-state index in [-0.39, 0.29) is 23.4 Å². The van der Waals surface area contributed by atoms with E-state index in [1.165, 1.54) is 6.07 Å². The van der Waals surface area contributed by atoms with E-state index in [0.29, 0.717) is 22.6 Å². The lowest BCUT2D eigenvalue weighted by atomic mass is 9.61. The number of carbonyl (C=O) groups is 1. The number of aromatic amines is 1. The molecule has 180 valence electrons. The fraction of sp³-hybridized carbons (Fsp3) is 0.370. The van der Waals surface area contributed by atoms with Crippen LogP contribution < -0.4 is 5.32 Å². The Bertz CT molecular complexity index is 1490. The van der Waals surface area contributed by atoms with Crippen molar-refractivity contribution < 1.29 is 18.7 Å². The molecule has 0 aliphatic heterocycles. The summed E-state index contributed by atoms with van der Waals surface area (Å²) in [7, 11) is 0. The fourth-order valence-corrected chi connectivity index (χ4v) is 6.17. The molecule has 6 nitrogen and oxygen atoms in total. The number of nitrogens with one attached hydrogen (secondary N) is 2. The second kappa shape index (κ2) is 8.00. The lowest BCUT2D eigenvalue weighted by molar-refractivity contribution is -0.148. The van der Waals surface area contributed by atoms with Crippen molar-refractivity contribution in [3.8, 4) is 11.4 Å². The van der Waals surface area contributed by atoms with Gasteiger partial charge in [0.15, 0.2) is 5.82 Å². The molecule has 2 bridgehead atoms. The summed E-state index contributed by atoms with van der Waals surface area (Å²) in [4.78, 5) is 24.7. The Morgan fingerprint density at radius 3 is 2.54 bits per heavy atom. The van der Waals surface area contributed by atoms with Gasteiger partial charge in [-0.05, 0) is 74.6 Å². The van der Waals surface area contributed by atoms with E-state index in [1.54, 1.807) is 6.20 Å². The number of benzene rings is 2. The first-order valence-corrected chi connectivity index (χ1v) is 12.1. The predicted molar refractivity (Wildman–Crippen MR) is 130 cm³/mol. The number of H-pyrrole nitrogens is 1. The highest BCUT2D eigenvalue weighted by Crippen LogP contribution is 2.47. The molecule has 0 spiro atoms. The Morgan fingerprint density at radius 1 is 1.06 bits per heavy atom. The number of aromatic nitrogens is 3. The van der Waals surface area contributed by atoms with Gasteiger partial charge in [-0.25, -0.2) is 18.7 Å². The van der Waals surface area contributed by atoms with Crippen LogP contribution in [0.5, 0.6) is 0 Å². The molecule has 2 atom stereocenters. The van der Waals surface area contributed by atoms with E-state index in [2.05, 4.69) is 10.3 Å². The number of hydrogen-bond acceptors (Lipinski definition) is 4. The summed E-state index contributed by atoms with van der Waals surface area (Å²) in [6, 6.07) is 5.84. The first-order valence-electron chi connectivity index (χ1n) is 12.1. The number of halogens is 2. The second-order valence-electron chi connectivity index (χ2n) is 10.0. The van der Waals surface area contributed by atoms with E-state index in [0.717, 1.165) is 53.8 Å². The number of aliphatic carboxylic acids is 1. The van der Waals surface area contributed by atoms with Gasteiger partial charge in [-0.1, -0.05) is 6.07 Å². The number of hydrogen-bond donors (Lipinski definition) is 3. The maximum absolute atomic E-state index is 14.4. The van der Waals surface area contributed by atoms with Crippen molar-refractivity contribution in [1.29, 1.82) is 0 Å². The molecule has 8 heteroatoms. The summed E-state index contributed by atoms with van der Waals surface area (Å²) in [5.41, 5.74) is 3.45. The molecule has 0 radical (unpaired) electrons. The number of carboxylic acids is 1. The Labute approximate surface area is 200 Å². The van der Waals surface area contributed by atoms with Crippen LogP contribution in [0.1, 0.15) is 36.8 Å². The fourth-order valence-electron chi connectivity index (χ4n) is 6.17. The van der Waals surface area contributed by atoms with Crippen molar-refractivity contribution in [1.82, 2.24) is 15.0 Å². The monoisotopic (exact) mass is 476 g/mol.